The van der Waals surface area contributed by atoms with Crippen LogP contribution in [0.1, 0.15) is 35.7 Å². The van der Waals surface area contributed by atoms with E-state index in [1.807, 2.05) is 49.4 Å². The lowest BCUT2D eigenvalue weighted by molar-refractivity contribution is -0.117. The van der Waals surface area contributed by atoms with E-state index in [4.69, 9.17) is 0 Å². The molecule has 0 fully saturated rings. The predicted octanol–water partition coefficient (Wildman–Crippen LogP) is 4.05. The molecular weight excluding hydrogens is 378 g/mol. The Labute approximate surface area is 175 Å². The molecule has 0 saturated heterocycles. The molecule has 30 heavy (non-hydrogen) atoms. The summed E-state index contributed by atoms with van der Waals surface area (Å²) in [5.41, 5.74) is 6.64. The van der Waals surface area contributed by atoms with Gasteiger partial charge in [0.05, 0.1) is 0 Å². The Morgan fingerprint density at radius 2 is 1.60 bits per heavy atom. The SMILES string of the molecule is CCCC(=O)Nc1ccc(C(=O)NNC(=O)C=Cc2cccc3ccccc23)cc1. The molecule has 3 aromatic rings. The van der Waals surface area contributed by atoms with Crippen molar-refractivity contribution in [2.75, 3.05) is 5.32 Å². The van der Waals surface area contributed by atoms with Gasteiger partial charge in [-0.05, 0) is 53.1 Å². The molecule has 0 bridgehead atoms. The van der Waals surface area contributed by atoms with E-state index in [-0.39, 0.29) is 5.91 Å². The van der Waals surface area contributed by atoms with E-state index in [1.165, 1.54) is 6.08 Å². The zero-order valence-corrected chi connectivity index (χ0v) is 16.6. The first-order valence-corrected chi connectivity index (χ1v) is 9.73. The average Bonchev–Trinajstić information content (AvgIpc) is 2.76. The summed E-state index contributed by atoms with van der Waals surface area (Å²) < 4.78 is 0. The van der Waals surface area contributed by atoms with Crippen LogP contribution in [0.25, 0.3) is 16.8 Å². The summed E-state index contributed by atoms with van der Waals surface area (Å²) in [6.45, 7) is 1.93. The summed E-state index contributed by atoms with van der Waals surface area (Å²) in [5.74, 6) is -0.965. The summed E-state index contributed by atoms with van der Waals surface area (Å²) in [4.78, 5) is 35.9. The summed E-state index contributed by atoms with van der Waals surface area (Å²) >= 11 is 0. The fraction of sp³-hybridized carbons (Fsp3) is 0.125. The van der Waals surface area contributed by atoms with Gasteiger partial charge in [-0.2, -0.15) is 0 Å². The summed E-state index contributed by atoms with van der Waals surface area (Å²) in [5, 5.41) is 4.88. The molecule has 0 unspecified atom stereocenters. The quantitative estimate of drug-likeness (QED) is 0.430. The number of hydrogen-bond acceptors (Lipinski definition) is 3. The molecule has 0 aliphatic carbocycles. The molecule has 0 radical (unpaired) electrons. The number of fused-ring (bicyclic) bond motifs is 1. The van der Waals surface area contributed by atoms with E-state index in [2.05, 4.69) is 16.2 Å². The maximum absolute atomic E-state index is 12.2. The van der Waals surface area contributed by atoms with Gasteiger partial charge in [-0.25, -0.2) is 0 Å². The molecular formula is C24H23N3O3. The van der Waals surface area contributed by atoms with Crippen molar-refractivity contribution in [1.29, 1.82) is 0 Å². The second-order valence-corrected chi connectivity index (χ2v) is 6.72. The molecule has 6 heteroatoms. The molecule has 3 aromatic carbocycles. The van der Waals surface area contributed by atoms with Crippen LogP contribution >= 0.6 is 0 Å². The third-order valence-electron chi connectivity index (χ3n) is 4.44. The van der Waals surface area contributed by atoms with E-state index in [0.717, 1.165) is 22.8 Å². The number of amides is 3. The van der Waals surface area contributed by atoms with Gasteiger partial charge in [-0.15, -0.1) is 0 Å². The van der Waals surface area contributed by atoms with Crippen molar-refractivity contribution in [1.82, 2.24) is 10.9 Å². The number of carbonyl (C=O) groups is 3. The summed E-state index contributed by atoms with van der Waals surface area (Å²) in [7, 11) is 0. The number of nitrogens with one attached hydrogen (secondary N) is 3. The van der Waals surface area contributed by atoms with Gasteiger partial charge in [-0.1, -0.05) is 49.4 Å². The zero-order valence-electron chi connectivity index (χ0n) is 16.6. The second-order valence-electron chi connectivity index (χ2n) is 6.72. The van der Waals surface area contributed by atoms with Gasteiger partial charge >= 0.3 is 0 Å². The molecule has 3 rings (SSSR count). The zero-order chi connectivity index (χ0) is 21.3. The van der Waals surface area contributed by atoms with Crippen LogP contribution in [0.4, 0.5) is 5.69 Å². The van der Waals surface area contributed by atoms with E-state index in [9.17, 15) is 14.4 Å². The smallest absolute Gasteiger partial charge is 0.269 e. The number of carbonyl (C=O) groups excluding carboxylic acids is 3. The van der Waals surface area contributed by atoms with Crippen molar-refractivity contribution in [3.05, 3.63) is 83.9 Å². The predicted molar refractivity (Wildman–Crippen MR) is 119 cm³/mol. The number of rotatable bonds is 6. The van der Waals surface area contributed by atoms with Crippen LogP contribution in [0, 0.1) is 0 Å². The lowest BCUT2D eigenvalue weighted by Gasteiger charge is -2.07. The van der Waals surface area contributed by atoms with Crippen LogP contribution in [0.3, 0.4) is 0 Å². The van der Waals surface area contributed by atoms with Gasteiger partial charge in [0.25, 0.3) is 11.8 Å². The molecule has 0 spiro atoms. The molecule has 3 N–H and O–H groups in total. The van der Waals surface area contributed by atoms with Crippen LogP contribution < -0.4 is 16.2 Å². The molecule has 6 nitrogen and oxygen atoms in total. The standard InChI is InChI=1S/C24H23N3O3/c1-2-6-22(28)25-20-14-11-19(12-15-20)24(30)27-26-23(29)16-13-18-9-5-8-17-7-3-4-10-21(17)18/h3-5,7-16H,2,6H2,1H3,(H,25,28)(H,26,29)(H,27,30). The summed E-state index contributed by atoms with van der Waals surface area (Å²) in [6.07, 6.45) is 4.29. The highest BCUT2D eigenvalue weighted by molar-refractivity contribution is 6.00. The van der Waals surface area contributed by atoms with Crippen LogP contribution in [-0.4, -0.2) is 17.7 Å². The van der Waals surface area contributed by atoms with Gasteiger partial charge in [0.15, 0.2) is 0 Å². The molecule has 0 aliphatic heterocycles. The highest BCUT2D eigenvalue weighted by Gasteiger charge is 2.07. The van der Waals surface area contributed by atoms with Gasteiger partial charge in [-0.3, -0.25) is 25.2 Å². The van der Waals surface area contributed by atoms with E-state index in [0.29, 0.717) is 17.7 Å². The Bertz CT molecular complexity index is 1080. The minimum absolute atomic E-state index is 0.0695. The minimum Gasteiger partial charge on any atom is -0.326 e. The lowest BCUT2D eigenvalue weighted by atomic mass is 10.0. The number of hydrogen-bond donors (Lipinski definition) is 3. The van der Waals surface area contributed by atoms with Crippen molar-refractivity contribution in [3.8, 4) is 0 Å². The Balaban J connectivity index is 1.54. The van der Waals surface area contributed by atoms with Crippen LogP contribution in [0.5, 0.6) is 0 Å². The fourth-order valence-corrected chi connectivity index (χ4v) is 2.95. The van der Waals surface area contributed by atoms with Crippen LogP contribution in [0.2, 0.25) is 0 Å². The average molecular weight is 401 g/mol. The largest absolute Gasteiger partial charge is 0.326 e. The molecule has 0 saturated carbocycles. The van der Waals surface area contributed by atoms with Gasteiger partial charge in [0, 0.05) is 23.7 Å². The maximum atomic E-state index is 12.2. The number of hydrazine groups is 1. The first kappa shape index (κ1) is 20.8. The Kier molecular flexibility index (Phi) is 6.95. The number of benzene rings is 3. The molecule has 0 aliphatic rings. The van der Waals surface area contributed by atoms with Crippen molar-refractivity contribution in [2.24, 2.45) is 0 Å². The van der Waals surface area contributed by atoms with E-state index in [1.54, 1.807) is 30.3 Å². The van der Waals surface area contributed by atoms with Crippen LogP contribution in [-0.2, 0) is 9.59 Å². The maximum Gasteiger partial charge on any atom is 0.269 e. The minimum atomic E-state index is -0.451. The van der Waals surface area contributed by atoms with Crippen molar-refractivity contribution >= 4 is 40.3 Å². The van der Waals surface area contributed by atoms with Crippen molar-refractivity contribution < 1.29 is 14.4 Å². The highest BCUT2D eigenvalue weighted by atomic mass is 16.2. The van der Waals surface area contributed by atoms with Crippen molar-refractivity contribution in [2.45, 2.75) is 19.8 Å². The van der Waals surface area contributed by atoms with E-state index >= 15 is 0 Å². The topological polar surface area (TPSA) is 87.3 Å². The lowest BCUT2D eigenvalue weighted by Crippen LogP contribution is -2.40. The molecule has 0 heterocycles. The summed E-state index contributed by atoms with van der Waals surface area (Å²) in [6, 6.07) is 20.2. The number of anilines is 1. The third kappa shape index (κ3) is 5.54. The molecule has 0 atom stereocenters. The van der Waals surface area contributed by atoms with Crippen LogP contribution in [0.15, 0.2) is 72.8 Å². The molecule has 0 aromatic heterocycles. The first-order valence-electron chi connectivity index (χ1n) is 9.73. The normalized spacial score (nSPS) is 10.7. The fourth-order valence-electron chi connectivity index (χ4n) is 2.95. The van der Waals surface area contributed by atoms with Gasteiger partial charge in [0.2, 0.25) is 5.91 Å². The Morgan fingerprint density at radius 1 is 0.867 bits per heavy atom. The molecule has 3 amide bonds. The second kappa shape index (κ2) is 10.0. The van der Waals surface area contributed by atoms with Gasteiger partial charge in [0.1, 0.15) is 0 Å². The monoisotopic (exact) mass is 401 g/mol. The Hall–Kier alpha value is -3.93. The van der Waals surface area contributed by atoms with Gasteiger partial charge < -0.3 is 5.32 Å². The van der Waals surface area contributed by atoms with E-state index < -0.39 is 11.8 Å². The highest BCUT2D eigenvalue weighted by Crippen LogP contribution is 2.19. The molecule has 152 valence electrons. The third-order valence-corrected chi connectivity index (χ3v) is 4.44. The first-order chi connectivity index (χ1) is 14.6. The van der Waals surface area contributed by atoms with Crippen molar-refractivity contribution in [3.63, 3.8) is 0 Å². The Morgan fingerprint density at radius 3 is 2.37 bits per heavy atom.